The highest BCUT2D eigenvalue weighted by atomic mass is 17.2. The minimum Gasteiger partial charge on any atom is -0.248 e. The van der Waals surface area contributed by atoms with E-state index in [1.165, 1.54) is 0 Å². The number of carbonyl (C=O) groups excluding carboxylic acids is 2. The summed E-state index contributed by atoms with van der Waals surface area (Å²) in [4.78, 5) is 28.3. The van der Waals surface area contributed by atoms with E-state index in [0.29, 0.717) is 0 Å². The topological polar surface area (TPSA) is 77.3 Å². The molecule has 0 saturated carbocycles. The van der Waals surface area contributed by atoms with Crippen molar-refractivity contribution in [2.45, 2.75) is 13.1 Å². The van der Waals surface area contributed by atoms with Gasteiger partial charge in [-0.15, -0.1) is 10.2 Å². The Hall–Kier alpha value is -1.46. The lowest BCUT2D eigenvalue weighted by Gasteiger charge is -1.95. The van der Waals surface area contributed by atoms with E-state index in [9.17, 15) is 9.59 Å². The molecule has 0 unspecified atom stereocenters. The number of carbonyl (C=O) groups is 2. The third-order valence-corrected chi connectivity index (χ3v) is 0.683. The second kappa shape index (κ2) is 2.42. The molecule has 0 saturated heterocycles. The molecule has 0 N–H and O–H groups in total. The van der Waals surface area contributed by atoms with Gasteiger partial charge in [0, 0.05) is 6.92 Å². The van der Waals surface area contributed by atoms with Crippen molar-refractivity contribution in [3.63, 3.8) is 0 Å². The molecule has 1 aliphatic rings. The van der Waals surface area contributed by atoms with Gasteiger partial charge in [0.25, 0.3) is 6.17 Å². The zero-order chi connectivity index (χ0) is 7.56. The van der Waals surface area contributed by atoms with Crippen LogP contribution in [0.3, 0.4) is 0 Å². The highest BCUT2D eigenvalue weighted by Crippen LogP contribution is 2.11. The molecule has 10 heavy (non-hydrogen) atoms. The molecule has 0 spiro atoms. The maximum atomic E-state index is 10.4. The average Bonchev–Trinajstić information content (AvgIpc) is 2.63. The summed E-state index contributed by atoms with van der Waals surface area (Å²) in [6.07, 6.45) is -0.778. The molecule has 0 bridgehead atoms. The van der Waals surface area contributed by atoms with Crippen LogP contribution in [-0.2, 0) is 19.4 Å². The van der Waals surface area contributed by atoms with Crippen molar-refractivity contribution in [2.75, 3.05) is 0 Å². The fourth-order valence-corrected chi connectivity index (χ4v) is 0.270. The van der Waals surface area contributed by atoms with E-state index in [1.54, 1.807) is 0 Å². The Morgan fingerprint density at radius 1 is 1.30 bits per heavy atom. The first-order valence-electron chi connectivity index (χ1n) is 2.49. The van der Waals surface area contributed by atoms with Crippen LogP contribution in [0.2, 0.25) is 0 Å². The maximum Gasteiger partial charge on any atom is 0.405 e. The van der Waals surface area contributed by atoms with E-state index in [1.807, 2.05) is 0 Å². The van der Waals surface area contributed by atoms with Gasteiger partial charge in [0.1, 0.15) is 0 Å². The molecular formula is C4H4N2O4. The van der Waals surface area contributed by atoms with Crippen LogP contribution in [0.5, 0.6) is 0 Å². The van der Waals surface area contributed by atoms with Crippen LogP contribution >= 0.6 is 0 Å². The van der Waals surface area contributed by atoms with Crippen molar-refractivity contribution in [1.29, 1.82) is 0 Å². The Kier molecular flexibility index (Phi) is 1.61. The molecule has 54 valence electrons. The van der Waals surface area contributed by atoms with E-state index in [0.717, 1.165) is 6.92 Å². The van der Waals surface area contributed by atoms with E-state index in [2.05, 4.69) is 20.0 Å². The summed E-state index contributed by atoms with van der Waals surface area (Å²) in [7, 11) is 0. The second-order valence-corrected chi connectivity index (χ2v) is 1.58. The predicted octanol–water partition coefficient (Wildman–Crippen LogP) is -0.200. The first-order valence-corrected chi connectivity index (χ1v) is 2.49. The van der Waals surface area contributed by atoms with Crippen molar-refractivity contribution in [2.24, 2.45) is 10.2 Å². The van der Waals surface area contributed by atoms with Crippen LogP contribution in [0.1, 0.15) is 6.92 Å². The van der Waals surface area contributed by atoms with Crippen LogP contribution < -0.4 is 0 Å². The van der Waals surface area contributed by atoms with Gasteiger partial charge in [0.05, 0.1) is 0 Å². The monoisotopic (exact) mass is 144 g/mol. The van der Waals surface area contributed by atoms with Crippen LogP contribution in [-0.4, -0.2) is 18.1 Å². The predicted molar refractivity (Wildman–Crippen MR) is 26.5 cm³/mol. The largest absolute Gasteiger partial charge is 0.405 e. The first kappa shape index (κ1) is 6.66. The molecule has 0 aromatic rings. The minimum absolute atomic E-state index is 0.686. The van der Waals surface area contributed by atoms with E-state index < -0.39 is 18.1 Å². The van der Waals surface area contributed by atoms with Gasteiger partial charge in [-0.25, -0.2) is 19.4 Å². The van der Waals surface area contributed by atoms with Gasteiger partial charge in [-0.1, -0.05) is 0 Å². The van der Waals surface area contributed by atoms with Crippen LogP contribution in [0.25, 0.3) is 0 Å². The van der Waals surface area contributed by atoms with E-state index >= 15 is 0 Å². The molecule has 0 aromatic heterocycles. The molecule has 0 atom stereocenters. The number of rotatable bonds is 1. The Bertz CT molecular complexity index is 193. The lowest BCUT2D eigenvalue weighted by molar-refractivity contribution is -0.257. The zero-order valence-corrected chi connectivity index (χ0v) is 5.10. The minimum atomic E-state index is -0.778. The normalized spacial score (nSPS) is 14.5. The Labute approximate surface area is 55.8 Å². The van der Waals surface area contributed by atoms with Gasteiger partial charge >= 0.3 is 11.9 Å². The molecule has 0 radical (unpaired) electrons. The zero-order valence-electron chi connectivity index (χ0n) is 5.10. The molecular weight excluding hydrogens is 140 g/mol. The second-order valence-electron chi connectivity index (χ2n) is 1.58. The Morgan fingerprint density at radius 3 is 2.30 bits per heavy atom. The van der Waals surface area contributed by atoms with Crippen molar-refractivity contribution in [3.05, 3.63) is 0 Å². The third-order valence-electron chi connectivity index (χ3n) is 0.683. The molecule has 0 aromatic carbocycles. The third kappa shape index (κ3) is 1.81. The van der Waals surface area contributed by atoms with E-state index in [-0.39, 0.29) is 0 Å². The van der Waals surface area contributed by atoms with Gasteiger partial charge in [0.15, 0.2) is 0 Å². The molecule has 0 aliphatic carbocycles. The molecule has 1 heterocycles. The molecule has 6 nitrogen and oxygen atoms in total. The smallest absolute Gasteiger partial charge is 0.248 e. The lowest BCUT2D eigenvalue weighted by Crippen LogP contribution is -2.13. The molecule has 0 amide bonds. The molecule has 1 rings (SSSR count). The number of nitrogens with zero attached hydrogens (tertiary/aromatic N) is 2. The summed E-state index contributed by atoms with van der Waals surface area (Å²) in [5.74, 6) is -1.45. The highest BCUT2D eigenvalue weighted by Gasteiger charge is 2.29. The van der Waals surface area contributed by atoms with Crippen molar-refractivity contribution >= 4 is 11.9 Å². The highest BCUT2D eigenvalue weighted by molar-refractivity contribution is 5.77. The number of hydrogen-bond donors (Lipinski definition) is 0. The fourth-order valence-electron chi connectivity index (χ4n) is 0.270. The van der Waals surface area contributed by atoms with Gasteiger partial charge < -0.3 is 0 Å². The summed E-state index contributed by atoms with van der Waals surface area (Å²) >= 11 is 0. The SMILES string of the molecule is CC(=O)OOC(=O)C1N=N1. The maximum absolute atomic E-state index is 10.4. The molecule has 0 fully saturated rings. The van der Waals surface area contributed by atoms with Gasteiger partial charge in [-0.05, 0) is 0 Å². The van der Waals surface area contributed by atoms with Crippen molar-refractivity contribution < 1.29 is 19.4 Å². The number of hydrogen-bond acceptors (Lipinski definition) is 6. The molecule has 1 aliphatic heterocycles. The first-order chi connectivity index (χ1) is 4.70. The Morgan fingerprint density at radius 2 is 1.90 bits per heavy atom. The Balaban J connectivity index is 2.12. The van der Waals surface area contributed by atoms with Crippen molar-refractivity contribution in [3.8, 4) is 0 Å². The average molecular weight is 144 g/mol. The van der Waals surface area contributed by atoms with Gasteiger partial charge in [-0.2, -0.15) is 0 Å². The van der Waals surface area contributed by atoms with Crippen LogP contribution in [0, 0.1) is 0 Å². The quantitative estimate of drug-likeness (QED) is 0.377. The fraction of sp³-hybridized carbons (Fsp3) is 0.500. The summed E-state index contributed by atoms with van der Waals surface area (Å²) in [6, 6.07) is 0. The summed E-state index contributed by atoms with van der Waals surface area (Å²) in [5.41, 5.74) is 0. The van der Waals surface area contributed by atoms with Gasteiger partial charge in [0.2, 0.25) is 0 Å². The standard InChI is InChI=1S/C4H4N2O4/c1-2(7)9-10-4(8)3-5-6-3/h3H,1H3. The lowest BCUT2D eigenvalue weighted by atomic mass is 10.6. The van der Waals surface area contributed by atoms with Gasteiger partial charge in [-0.3, -0.25) is 0 Å². The summed E-state index contributed by atoms with van der Waals surface area (Å²) in [6.45, 7) is 1.12. The van der Waals surface area contributed by atoms with Crippen LogP contribution in [0.4, 0.5) is 0 Å². The van der Waals surface area contributed by atoms with Crippen LogP contribution in [0.15, 0.2) is 10.2 Å². The van der Waals surface area contributed by atoms with Crippen molar-refractivity contribution in [1.82, 2.24) is 0 Å². The molecule has 6 heteroatoms. The summed E-state index contributed by atoms with van der Waals surface area (Å²) < 4.78 is 0. The van der Waals surface area contributed by atoms with E-state index in [4.69, 9.17) is 0 Å². The summed E-state index contributed by atoms with van der Waals surface area (Å²) in [5, 5.41) is 6.48.